The van der Waals surface area contributed by atoms with Crippen molar-refractivity contribution in [2.75, 3.05) is 17.6 Å². The molecule has 0 bridgehead atoms. The molecular weight excluding hydrogens is 368 g/mol. The Bertz CT molecular complexity index is 942. The van der Waals surface area contributed by atoms with E-state index in [1.54, 1.807) is 29.2 Å². The number of nitrogen functional groups attached to an aromatic ring is 1. The van der Waals surface area contributed by atoms with Crippen LogP contribution in [0.3, 0.4) is 0 Å². The van der Waals surface area contributed by atoms with Crippen LogP contribution in [0, 0.1) is 19.8 Å². The lowest BCUT2D eigenvalue weighted by Crippen LogP contribution is -2.55. The molecule has 7 heteroatoms. The van der Waals surface area contributed by atoms with Gasteiger partial charge >= 0.3 is 11.8 Å². The number of phenolic OH excluding ortho intramolecular Hbond substituents is 1. The van der Waals surface area contributed by atoms with Gasteiger partial charge in [-0.1, -0.05) is 19.1 Å². The molecule has 1 aliphatic heterocycles. The highest BCUT2D eigenvalue weighted by molar-refractivity contribution is 6.39. The molecule has 7 nitrogen and oxygen atoms in total. The van der Waals surface area contributed by atoms with E-state index in [0.29, 0.717) is 24.0 Å². The molecule has 1 aromatic heterocycles. The van der Waals surface area contributed by atoms with Gasteiger partial charge in [-0.05, 0) is 68.4 Å². The van der Waals surface area contributed by atoms with Crippen molar-refractivity contribution in [1.82, 2.24) is 9.88 Å². The van der Waals surface area contributed by atoms with Crippen molar-refractivity contribution in [2.45, 2.75) is 46.1 Å². The number of carbonyl (C=O) groups is 2. The van der Waals surface area contributed by atoms with Gasteiger partial charge in [-0.15, -0.1) is 0 Å². The predicted octanol–water partition coefficient (Wildman–Crippen LogP) is 3.10. The van der Waals surface area contributed by atoms with Crippen LogP contribution in [0.5, 0.6) is 5.75 Å². The number of piperidine rings is 1. The number of hydrogen-bond donors (Lipinski definition) is 3. The van der Waals surface area contributed by atoms with E-state index < -0.39 is 17.4 Å². The molecule has 3 rings (SSSR count). The van der Waals surface area contributed by atoms with E-state index in [-0.39, 0.29) is 5.75 Å². The fourth-order valence-corrected chi connectivity index (χ4v) is 3.84. The minimum atomic E-state index is -0.696. The first-order chi connectivity index (χ1) is 13.6. The Balaban J connectivity index is 1.89. The maximum Gasteiger partial charge on any atom is 0.313 e. The minimum Gasteiger partial charge on any atom is -0.508 e. The van der Waals surface area contributed by atoms with Crippen LogP contribution in [0.4, 0.5) is 11.5 Å². The van der Waals surface area contributed by atoms with Gasteiger partial charge in [0, 0.05) is 6.54 Å². The summed E-state index contributed by atoms with van der Waals surface area (Å²) in [6.07, 6.45) is 3.16. The van der Waals surface area contributed by atoms with Crippen LogP contribution in [-0.4, -0.2) is 33.3 Å². The number of aromatic hydroxyl groups is 1. The normalized spacial score (nSPS) is 21.7. The summed E-state index contributed by atoms with van der Waals surface area (Å²) in [5.74, 6) is -0.422. The molecule has 154 valence electrons. The highest BCUT2D eigenvalue weighted by Crippen LogP contribution is 2.39. The minimum absolute atomic E-state index is 0.166. The van der Waals surface area contributed by atoms with E-state index in [1.165, 1.54) is 6.20 Å². The first-order valence-corrected chi connectivity index (χ1v) is 9.77. The highest BCUT2D eigenvalue weighted by atomic mass is 16.3. The number of rotatable bonds is 2. The maximum atomic E-state index is 13.2. The van der Waals surface area contributed by atoms with Crippen LogP contribution in [0.1, 0.15) is 43.4 Å². The molecule has 29 heavy (non-hydrogen) atoms. The number of aromatic nitrogens is 1. The van der Waals surface area contributed by atoms with Crippen molar-refractivity contribution in [3.63, 3.8) is 0 Å². The molecule has 2 atom stereocenters. The number of pyridine rings is 1. The topological polar surface area (TPSA) is 109 Å². The van der Waals surface area contributed by atoms with E-state index >= 15 is 0 Å². The second-order valence-electron chi connectivity index (χ2n) is 8.14. The number of nitrogens with one attached hydrogen (secondary N) is 1. The number of benzene rings is 1. The van der Waals surface area contributed by atoms with Crippen molar-refractivity contribution in [2.24, 2.45) is 5.92 Å². The zero-order valence-corrected chi connectivity index (χ0v) is 17.3. The predicted molar refractivity (Wildman–Crippen MR) is 112 cm³/mol. The standard InChI is InChI=1S/C22H28N4O3/c1-13-9-10-22(4,16-5-7-17(27)8-6-16)26(12-13)21(29)20(28)25-18-11-24-19(23)15(3)14(18)2/h5-8,11,13,27H,9-10,12H2,1-4H3,(H2,23,24)(H,25,28)/t13-,22?/m0/s1. The first-order valence-electron chi connectivity index (χ1n) is 9.77. The fraction of sp³-hybridized carbons (Fsp3) is 0.409. The average molecular weight is 396 g/mol. The summed E-state index contributed by atoms with van der Waals surface area (Å²) in [4.78, 5) is 31.7. The molecule has 2 amide bonds. The number of phenols is 1. The Morgan fingerprint density at radius 2 is 1.90 bits per heavy atom. The van der Waals surface area contributed by atoms with Crippen LogP contribution in [0.2, 0.25) is 0 Å². The van der Waals surface area contributed by atoms with Crippen LogP contribution >= 0.6 is 0 Å². The number of amides is 2. The van der Waals surface area contributed by atoms with Gasteiger partial charge in [0.1, 0.15) is 11.6 Å². The smallest absolute Gasteiger partial charge is 0.313 e. The fourth-order valence-electron chi connectivity index (χ4n) is 3.84. The number of nitrogens with two attached hydrogens (primary N) is 1. The summed E-state index contributed by atoms with van der Waals surface area (Å²) < 4.78 is 0. The monoisotopic (exact) mass is 396 g/mol. The van der Waals surface area contributed by atoms with E-state index in [4.69, 9.17) is 5.73 Å². The third-order valence-electron chi connectivity index (χ3n) is 6.07. The van der Waals surface area contributed by atoms with Crippen molar-refractivity contribution >= 4 is 23.3 Å². The average Bonchev–Trinajstić information content (AvgIpc) is 2.70. The molecule has 0 aliphatic carbocycles. The summed E-state index contributed by atoms with van der Waals surface area (Å²) in [7, 11) is 0. The van der Waals surface area contributed by atoms with Gasteiger partial charge in [-0.3, -0.25) is 9.59 Å². The molecule has 0 spiro atoms. The molecular formula is C22H28N4O3. The Morgan fingerprint density at radius 3 is 2.55 bits per heavy atom. The number of hydrogen-bond acceptors (Lipinski definition) is 5. The lowest BCUT2D eigenvalue weighted by molar-refractivity contribution is -0.150. The molecule has 4 N–H and O–H groups in total. The molecule has 1 aromatic carbocycles. The third-order valence-corrected chi connectivity index (χ3v) is 6.07. The molecule has 1 aliphatic rings. The molecule has 0 radical (unpaired) electrons. The van der Waals surface area contributed by atoms with Crippen molar-refractivity contribution in [1.29, 1.82) is 0 Å². The van der Waals surface area contributed by atoms with E-state index in [0.717, 1.165) is 29.5 Å². The summed E-state index contributed by atoms with van der Waals surface area (Å²) in [6.45, 7) is 8.19. The maximum absolute atomic E-state index is 13.2. The number of carbonyl (C=O) groups excluding carboxylic acids is 2. The molecule has 1 unspecified atom stereocenters. The Morgan fingerprint density at radius 1 is 1.24 bits per heavy atom. The zero-order chi connectivity index (χ0) is 21.3. The summed E-state index contributed by atoms with van der Waals surface area (Å²) in [6, 6.07) is 6.82. The van der Waals surface area contributed by atoms with Crippen LogP contribution in [0.15, 0.2) is 30.5 Å². The third kappa shape index (κ3) is 3.90. The van der Waals surface area contributed by atoms with E-state index in [9.17, 15) is 14.7 Å². The van der Waals surface area contributed by atoms with Gasteiger partial charge in [0.2, 0.25) is 0 Å². The second kappa shape index (κ2) is 7.73. The Labute approximate surface area is 170 Å². The molecule has 0 saturated carbocycles. The number of anilines is 2. The lowest BCUT2D eigenvalue weighted by Gasteiger charge is -2.47. The van der Waals surface area contributed by atoms with Gasteiger partial charge in [0.05, 0.1) is 17.4 Å². The molecule has 1 saturated heterocycles. The number of nitrogens with zero attached hydrogens (tertiary/aromatic N) is 2. The van der Waals surface area contributed by atoms with Gasteiger partial charge in [-0.25, -0.2) is 4.98 Å². The number of likely N-dealkylation sites (tertiary alicyclic amines) is 1. The van der Waals surface area contributed by atoms with Gasteiger partial charge in [0.15, 0.2) is 0 Å². The van der Waals surface area contributed by atoms with Crippen LogP contribution in [0.25, 0.3) is 0 Å². The second-order valence-corrected chi connectivity index (χ2v) is 8.14. The Kier molecular flexibility index (Phi) is 5.50. The van der Waals surface area contributed by atoms with Gasteiger partial charge in [-0.2, -0.15) is 0 Å². The van der Waals surface area contributed by atoms with Crippen molar-refractivity contribution < 1.29 is 14.7 Å². The van der Waals surface area contributed by atoms with E-state index in [1.807, 2.05) is 20.8 Å². The summed E-state index contributed by atoms with van der Waals surface area (Å²) >= 11 is 0. The summed E-state index contributed by atoms with van der Waals surface area (Å²) in [5.41, 5.74) is 8.11. The zero-order valence-electron chi connectivity index (χ0n) is 17.3. The quantitative estimate of drug-likeness (QED) is 0.676. The highest BCUT2D eigenvalue weighted by Gasteiger charge is 2.43. The molecule has 2 aromatic rings. The van der Waals surface area contributed by atoms with E-state index in [2.05, 4.69) is 17.2 Å². The largest absolute Gasteiger partial charge is 0.508 e. The Hall–Kier alpha value is -3.09. The molecule has 2 heterocycles. The van der Waals surface area contributed by atoms with Gasteiger partial charge < -0.3 is 21.1 Å². The SMILES string of the molecule is Cc1c(NC(=O)C(=O)N2C[C@@H](C)CCC2(C)c2ccc(O)cc2)cnc(N)c1C. The first kappa shape index (κ1) is 20.6. The van der Waals surface area contributed by atoms with Gasteiger partial charge in [0.25, 0.3) is 0 Å². The van der Waals surface area contributed by atoms with Crippen LogP contribution < -0.4 is 11.1 Å². The van der Waals surface area contributed by atoms with Crippen LogP contribution in [-0.2, 0) is 15.1 Å². The lowest BCUT2D eigenvalue weighted by atomic mass is 9.79. The van der Waals surface area contributed by atoms with Crippen molar-refractivity contribution in [3.05, 3.63) is 47.2 Å². The molecule has 1 fully saturated rings. The summed E-state index contributed by atoms with van der Waals surface area (Å²) in [5, 5.41) is 12.3. The van der Waals surface area contributed by atoms with Crippen molar-refractivity contribution in [3.8, 4) is 5.75 Å².